The summed E-state index contributed by atoms with van der Waals surface area (Å²) in [6.07, 6.45) is 3.95. The summed E-state index contributed by atoms with van der Waals surface area (Å²) in [7, 11) is 1.76. The number of hydrogen-bond acceptors (Lipinski definition) is 5. The van der Waals surface area contributed by atoms with Crippen LogP contribution >= 0.6 is 0 Å². The minimum atomic E-state index is 0.792. The zero-order valence-corrected chi connectivity index (χ0v) is 15.8. The maximum Gasteiger partial charge on any atom is 0.159 e. The van der Waals surface area contributed by atoms with Gasteiger partial charge in [-0.3, -0.25) is 9.80 Å². The Bertz CT molecular complexity index is 868. The van der Waals surface area contributed by atoms with Crippen molar-refractivity contribution in [3.63, 3.8) is 0 Å². The van der Waals surface area contributed by atoms with Crippen molar-refractivity contribution >= 4 is 10.8 Å². The molecular formula is C22H26N4O. The van der Waals surface area contributed by atoms with Crippen LogP contribution in [0.15, 0.2) is 54.9 Å². The van der Waals surface area contributed by atoms with Crippen LogP contribution in [0.25, 0.3) is 22.2 Å². The minimum Gasteiger partial charge on any atom is -0.383 e. The zero-order valence-electron chi connectivity index (χ0n) is 15.8. The lowest BCUT2D eigenvalue weighted by molar-refractivity contribution is 0.0937. The lowest BCUT2D eigenvalue weighted by Gasteiger charge is -2.34. The first-order valence-electron chi connectivity index (χ1n) is 9.56. The summed E-state index contributed by atoms with van der Waals surface area (Å²) in [5.74, 6) is 0.792. The molecule has 1 saturated heterocycles. The Morgan fingerprint density at radius 3 is 2.37 bits per heavy atom. The van der Waals surface area contributed by atoms with Gasteiger partial charge in [0.1, 0.15) is 0 Å². The first-order valence-corrected chi connectivity index (χ1v) is 9.56. The number of aromatic nitrogens is 2. The van der Waals surface area contributed by atoms with Crippen molar-refractivity contribution in [2.45, 2.75) is 6.54 Å². The summed E-state index contributed by atoms with van der Waals surface area (Å²) < 4.78 is 5.17. The molecule has 0 amide bonds. The molecule has 1 aliphatic rings. The van der Waals surface area contributed by atoms with Gasteiger partial charge in [-0.25, -0.2) is 9.97 Å². The van der Waals surface area contributed by atoms with Crippen molar-refractivity contribution in [3.05, 3.63) is 60.4 Å². The molecule has 0 aliphatic carbocycles. The Morgan fingerprint density at radius 2 is 1.59 bits per heavy atom. The lowest BCUT2D eigenvalue weighted by Crippen LogP contribution is -2.46. The van der Waals surface area contributed by atoms with E-state index in [0.29, 0.717) is 0 Å². The number of benzene rings is 2. The Labute approximate surface area is 160 Å². The van der Waals surface area contributed by atoms with Gasteiger partial charge in [0, 0.05) is 69.9 Å². The summed E-state index contributed by atoms with van der Waals surface area (Å²) in [6.45, 7) is 7.09. The third-order valence-electron chi connectivity index (χ3n) is 5.22. The molecule has 1 fully saturated rings. The average molecular weight is 362 g/mol. The van der Waals surface area contributed by atoms with Gasteiger partial charge in [0.05, 0.1) is 6.61 Å². The fourth-order valence-electron chi connectivity index (χ4n) is 3.65. The number of piperazine rings is 1. The van der Waals surface area contributed by atoms with Crippen LogP contribution in [0, 0.1) is 0 Å². The van der Waals surface area contributed by atoms with E-state index in [1.807, 2.05) is 12.4 Å². The van der Waals surface area contributed by atoms with Gasteiger partial charge in [0.15, 0.2) is 5.82 Å². The predicted molar refractivity (Wildman–Crippen MR) is 109 cm³/mol. The van der Waals surface area contributed by atoms with Gasteiger partial charge in [-0.1, -0.05) is 42.5 Å². The first kappa shape index (κ1) is 18.0. The Hall–Kier alpha value is -2.34. The summed E-state index contributed by atoms with van der Waals surface area (Å²) in [5.41, 5.74) is 2.26. The molecule has 2 aromatic carbocycles. The van der Waals surface area contributed by atoms with Gasteiger partial charge >= 0.3 is 0 Å². The quantitative estimate of drug-likeness (QED) is 0.674. The van der Waals surface area contributed by atoms with Crippen LogP contribution in [-0.4, -0.2) is 66.2 Å². The Kier molecular flexibility index (Phi) is 5.72. The average Bonchev–Trinajstić information content (AvgIpc) is 2.73. The predicted octanol–water partition coefficient (Wildman–Crippen LogP) is 3.06. The molecule has 0 radical (unpaired) electrons. The molecule has 0 spiro atoms. The standard InChI is InChI=1S/C22H26N4O/c1-27-14-13-25-9-11-26(12-10-25)17-18-15-23-22(24-16-18)21-8-4-6-19-5-2-3-7-20(19)21/h2-8,15-16H,9-14,17H2,1H3. The van der Waals surface area contributed by atoms with Gasteiger partial charge in [-0.15, -0.1) is 0 Å². The van der Waals surface area contributed by atoms with Gasteiger partial charge < -0.3 is 4.74 Å². The van der Waals surface area contributed by atoms with Crippen LogP contribution in [-0.2, 0) is 11.3 Å². The van der Waals surface area contributed by atoms with Crippen LogP contribution < -0.4 is 0 Å². The number of rotatable bonds is 6. The smallest absolute Gasteiger partial charge is 0.159 e. The number of ether oxygens (including phenoxy) is 1. The molecule has 1 aromatic heterocycles. The summed E-state index contributed by atoms with van der Waals surface area (Å²) in [5, 5.41) is 2.41. The fraction of sp³-hybridized carbons (Fsp3) is 0.364. The summed E-state index contributed by atoms with van der Waals surface area (Å²) in [4.78, 5) is 14.2. The first-order chi connectivity index (χ1) is 13.3. The molecule has 4 rings (SSSR count). The van der Waals surface area contributed by atoms with Crippen LogP contribution in [0.4, 0.5) is 0 Å². The van der Waals surface area contributed by atoms with Crippen molar-refractivity contribution in [1.29, 1.82) is 0 Å². The van der Waals surface area contributed by atoms with Gasteiger partial charge in [0.2, 0.25) is 0 Å². The van der Waals surface area contributed by atoms with Crippen molar-refractivity contribution in [2.24, 2.45) is 0 Å². The largest absolute Gasteiger partial charge is 0.383 e. The third-order valence-corrected chi connectivity index (χ3v) is 5.22. The van der Waals surface area contributed by atoms with Crippen LogP contribution in [0.2, 0.25) is 0 Å². The lowest BCUT2D eigenvalue weighted by atomic mass is 10.0. The second-order valence-electron chi connectivity index (χ2n) is 7.05. The number of hydrogen-bond donors (Lipinski definition) is 0. The Morgan fingerprint density at radius 1 is 0.889 bits per heavy atom. The van der Waals surface area contributed by atoms with E-state index >= 15 is 0 Å². The van der Waals surface area contributed by atoms with E-state index < -0.39 is 0 Å². The molecule has 0 atom stereocenters. The second kappa shape index (κ2) is 8.57. The molecular weight excluding hydrogens is 336 g/mol. The minimum absolute atomic E-state index is 0.792. The fourth-order valence-corrected chi connectivity index (χ4v) is 3.65. The van der Waals surface area contributed by atoms with Crippen molar-refractivity contribution in [3.8, 4) is 11.4 Å². The van der Waals surface area contributed by atoms with E-state index in [1.54, 1.807) is 7.11 Å². The van der Waals surface area contributed by atoms with Crippen LogP contribution in [0.1, 0.15) is 5.56 Å². The maximum atomic E-state index is 5.17. The SMILES string of the molecule is COCCN1CCN(Cc2cnc(-c3cccc4ccccc34)nc2)CC1. The molecule has 140 valence electrons. The highest BCUT2D eigenvalue weighted by molar-refractivity contribution is 5.94. The van der Waals surface area contributed by atoms with Gasteiger partial charge in [-0.2, -0.15) is 0 Å². The van der Waals surface area contributed by atoms with Crippen LogP contribution in [0.5, 0.6) is 0 Å². The normalized spacial score (nSPS) is 16.0. The zero-order chi connectivity index (χ0) is 18.5. The highest BCUT2D eigenvalue weighted by Crippen LogP contribution is 2.25. The number of methoxy groups -OCH3 is 1. The number of nitrogens with zero attached hydrogens (tertiary/aromatic N) is 4. The molecule has 27 heavy (non-hydrogen) atoms. The molecule has 3 aromatic rings. The molecule has 0 N–H and O–H groups in total. The van der Waals surface area contributed by atoms with Crippen LogP contribution in [0.3, 0.4) is 0 Å². The van der Waals surface area contributed by atoms with E-state index in [2.05, 4.69) is 62.2 Å². The monoisotopic (exact) mass is 362 g/mol. The highest BCUT2D eigenvalue weighted by Gasteiger charge is 2.17. The topological polar surface area (TPSA) is 41.5 Å². The van der Waals surface area contributed by atoms with E-state index in [-0.39, 0.29) is 0 Å². The second-order valence-corrected chi connectivity index (χ2v) is 7.05. The molecule has 5 heteroatoms. The van der Waals surface area contributed by atoms with Crippen molar-refractivity contribution in [1.82, 2.24) is 19.8 Å². The molecule has 2 heterocycles. The Balaban J connectivity index is 1.41. The van der Waals surface area contributed by atoms with E-state index in [9.17, 15) is 0 Å². The molecule has 1 aliphatic heterocycles. The van der Waals surface area contributed by atoms with Gasteiger partial charge in [-0.05, 0) is 10.8 Å². The van der Waals surface area contributed by atoms with E-state index in [1.165, 1.54) is 16.3 Å². The third kappa shape index (κ3) is 4.33. The number of fused-ring (bicyclic) bond motifs is 1. The summed E-state index contributed by atoms with van der Waals surface area (Å²) in [6, 6.07) is 14.7. The van der Waals surface area contributed by atoms with Crippen molar-refractivity contribution < 1.29 is 4.74 Å². The maximum absolute atomic E-state index is 5.17. The molecule has 0 saturated carbocycles. The summed E-state index contributed by atoms with van der Waals surface area (Å²) >= 11 is 0. The van der Waals surface area contributed by atoms with Crippen molar-refractivity contribution in [2.75, 3.05) is 46.4 Å². The highest BCUT2D eigenvalue weighted by atomic mass is 16.5. The molecule has 0 bridgehead atoms. The van der Waals surface area contributed by atoms with E-state index in [4.69, 9.17) is 4.74 Å². The molecule has 5 nitrogen and oxygen atoms in total. The van der Waals surface area contributed by atoms with E-state index in [0.717, 1.165) is 57.3 Å². The van der Waals surface area contributed by atoms with Gasteiger partial charge in [0.25, 0.3) is 0 Å². The molecule has 0 unspecified atom stereocenters.